The maximum Gasteiger partial charge on any atom is 0.272 e. The molecule has 3 amide bonds. The minimum Gasteiger partial charge on any atom is -0.321 e. The van der Waals surface area contributed by atoms with Crippen LogP contribution in [0, 0.1) is 22.7 Å². The van der Waals surface area contributed by atoms with Gasteiger partial charge in [-0.05, 0) is 88.9 Å². The standard InChI is InChI=1S/C41H38N4O3S2/c1-41(2,3)29-19-20-33-34(24-42)40(50-36(33)22-29)45-37(46)25-49-31-17-10-16-30(23-31)43-39(48)35(44-38(47)27-12-5-4-6-13-27)21-28-15-9-14-26-11-7-8-18-32(26)28/h4-18,21,23,29H,19-20,22,25H2,1-3H3,(H,43,48)(H,44,47)(H,45,46)/b35-21+. The average molecular weight is 699 g/mol. The number of nitrogens with zero attached hydrogens (tertiary/aromatic N) is 1. The minimum atomic E-state index is -0.485. The zero-order chi connectivity index (χ0) is 35.3. The van der Waals surface area contributed by atoms with Crippen LogP contribution in [0.5, 0.6) is 0 Å². The molecule has 1 atom stereocenters. The number of thioether (sulfide) groups is 1. The van der Waals surface area contributed by atoms with Crippen molar-refractivity contribution < 1.29 is 14.4 Å². The van der Waals surface area contributed by atoms with Crippen LogP contribution in [0.1, 0.15) is 59.1 Å². The third kappa shape index (κ3) is 8.16. The Morgan fingerprint density at radius 2 is 1.68 bits per heavy atom. The van der Waals surface area contributed by atoms with E-state index in [1.54, 1.807) is 48.5 Å². The van der Waals surface area contributed by atoms with Gasteiger partial charge in [0.25, 0.3) is 11.8 Å². The predicted octanol–water partition coefficient (Wildman–Crippen LogP) is 9.06. The van der Waals surface area contributed by atoms with Crippen LogP contribution in [0.3, 0.4) is 0 Å². The van der Waals surface area contributed by atoms with Gasteiger partial charge in [-0.2, -0.15) is 5.26 Å². The molecule has 6 rings (SSSR count). The van der Waals surface area contributed by atoms with Gasteiger partial charge in [-0.3, -0.25) is 14.4 Å². The van der Waals surface area contributed by atoms with Gasteiger partial charge in [0, 0.05) is 21.0 Å². The summed E-state index contributed by atoms with van der Waals surface area (Å²) in [5.41, 5.74) is 3.69. The number of carbonyl (C=O) groups is 3. The molecule has 0 radical (unpaired) electrons. The first-order valence-electron chi connectivity index (χ1n) is 16.5. The highest BCUT2D eigenvalue weighted by atomic mass is 32.2. The Morgan fingerprint density at radius 3 is 2.46 bits per heavy atom. The van der Waals surface area contributed by atoms with Crippen LogP contribution >= 0.6 is 23.1 Å². The van der Waals surface area contributed by atoms with Gasteiger partial charge >= 0.3 is 0 Å². The highest BCUT2D eigenvalue weighted by Gasteiger charge is 2.32. The quantitative estimate of drug-likeness (QED) is 0.105. The van der Waals surface area contributed by atoms with Crippen molar-refractivity contribution >= 4 is 68.4 Å². The van der Waals surface area contributed by atoms with E-state index in [-0.39, 0.29) is 22.8 Å². The van der Waals surface area contributed by atoms with E-state index in [2.05, 4.69) is 42.8 Å². The number of hydrogen-bond acceptors (Lipinski definition) is 6. The molecule has 1 heterocycles. The van der Waals surface area contributed by atoms with E-state index >= 15 is 0 Å². The molecule has 1 aliphatic rings. The Balaban J connectivity index is 1.15. The van der Waals surface area contributed by atoms with Gasteiger partial charge in [0.15, 0.2) is 0 Å². The summed E-state index contributed by atoms with van der Waals surface area (Å²) < 4.78 is 0. The number of anilines is 2. The van der Waals surface area contributed by atoms with Crippen LogP contribution in [-0.4, -0.2) is 23.5 Å². The van der Waals surface area contributed by atoms with Crippen molar-refractivity contribution in [2.24, 2.45) is 11.3 Å². The molecule has 1 unspecified atom stereocenters. The monoisotopic (exact) mass is 698 g/mol. The normalized spacial score (nSPS) is 14.4. The Labute approximate surface area is 300 Å². The van der Waals surface area contributed by atoms with E-state index in [1.807, 2.05) is 54.6 Å². The van der Waals surface area contributed by atoms with Gasteiger partial charge < -0.3 is 16.0 Å². The molecule has 0 saturated heterocycles. The predicted molar refractivity (Wildman–Crippen MR) is 204 cm³/mol. The van der Waals surface area contributed by atoms with E-state index in [0.717, 1.165) is 46.1 Å². The second-order valence-corrected chi connectivity index (χ2v) is 15.5. The van der Waals surface area contributed by atoms with E-state index in [0.29, 0.717) is 27.7 Å². The third-order valence-corrected chi connectivity index (χ3v) is 11.1. The third-order valence-electron chi connectivity index (χ3n) is 8.97. The van der Waals surface area contributed by atoms with E-state index in [9.17, 15) is 19.6 Å². The number of fused-ring (bicyclic) bond motifs is 2. The van der Waals surface area contributed by atoms with Crippen molar-refractivity contribution in [3.05, 3.63) is 130 Å². The number of benzene rings is 4. The molecule has 7 nitrogen and oxygen atoms in total. The fourth-order valence-electron chi connectivity index (χ4n) is 6.18. The molecule has 3 N–H and O–H groups in total. The lowest BCUT2D eigenvalue weighted by Crippen LogP contribution is -2.30. The van der Waals surface area contributed by atoms with E-state index < -0.39 is 11.8 Å². The van der Waals surface area contributed by atoms with E-state index in [1.165, 1.54) is 28.0 Å². The zero-order valence-electron chi connectivity index (χ0n) is 28.2. The number of carbonyl (C=O) groups excluding carboxylic acids is 3. The van der Waals surface area contributed by atoms with Crippen molar-refractivity contribution in [2.75, 3.05) is 16.4 Å². The molecule has 5 aromatic rings. The molecule has 50 heavy (non-hydrogen) atoms. The number of nitrogens with one attached hydrogen (secondary N) is 3. The van der Waals surface area contributed by atoms with Gasteiger partial charge in [-0.15, -0.1) is 23.1 Å². The van der Waals surface area contributed by atoms with Crippen molar-refractivity contribution in [1.29, 1.82) is 5.26 Å². The first kappa shape index (κ1) is 34.7. The van der Waals surface area contributed by atoms with Gasteiger partial charge in [0.2, 0.25) is 5.91 Å². The summed E-state index contributed by atoms with van der Waals surface area (Å²) >= 11 is 2.86. The summed E-state index contributed by atoms with van der Waals surface area (Å²) in [7, 11) is 0. The maximum absolute atomic E-state index is 13.7. The first-order chi connectivity index (χ1) is 24.1. The lowest BCUT2D eigenvalue weighted by atomic mass is 9.72. The topological polar surface area (TPSA) is 111 Å². The maximum atomic E-state index is 13.7. The number of amides is 3. The Bertz CT molecular complexity index is 2140. The molecule has 4 aromatic carbocycles. The molecule has 252 valence electrons. The van der Waals surface area contributed by atoms with Crippen LogP contribution in [0.2, 0.25) is 0 Å². The summed E-state index contributed by atoms with van der Waals surface area (Å²) in [6.45, 7) is 6.77. The van der Waals surface area contributed by atoms with Crippen LogP contribution < -0.4 is 16.0 Å². The van der Waals surface area contributed by atoms with Crippen LogP contribution in [0.15, 0.2) is 108 Å². The minimum absolute atomic E-state index is 0.0911. The van der Waals surface area contributed by atoms with Gasteiger partial charge in [-0.25, -0.2) is 0 Å². The molecule has 0 fully saturated rings. The van der Waals surface area contributed by atoms with Crippen molar-refractivity contribution in [1.82, 2.24) is 5.32 Å². The van der Waals surface area contributed by atoms with Crippen molar-refractivity contribution in [2.45, 2.75) is 44.9 Å². The van der Waals surface area contributed by atoms with Crippen molar-refractivity contribution in [3.63, 3.8) is 0 Å². The summed E-state index contributed by atoms with van der Waals surface area (Å²) in [5.74, 6) is -0.411. The Kier molecular flexibility index (Phi) is 10.5. The van der Waals surface area contributed by atoms with Gasteiger partial charge in [0.1, 0.15) is 16.8 Å². The van der Waals surface area contributed by atoms with Gasteiger partial charge in [0.05, 0.1) is 11.3 Å². The summed E-state index contributed by atoms with van der Waals surface area (Å²) in [5, 5.41) is 21.2. The Morgan fingerprint density at radius 1 is 0.940 bits per heavy atom. The molecular formula is C41H38N4O3S2. The van der Waals surface area contributed by atoms with Crippen molar-refractivity contribution in [3.8, 4) is 6.07 Å². The molecule has 0 saturated carbocycles. The SMILES string of the molecule is CC(C)(C)C1CCc2c(sc(NC(=O)CSc3cccc(NC(=O)/C(=C\c4cccc5ccccc45)NC(=O)c4ccccc4)c3)c2C#N)C1. The molecule has 9 heteroatoms. The first-order valence-corrected chi connectivity index (χ1v) is 18.3. The molecular weight excluding hydrogens is 661 g/mol. The summed E-state index contributed by atoms with van der Waals surface area (Å²) in [4.78, 5) is 42.0. The molecule has 1 aromatic heterocycles. The lowest BCUT2D eigenvalue weighted by Gasteiger charge is -2.33. The second-order valence-electron chi connectivity index (χ2n) is 13.4. The van der Waals surface area contributed by atoms with Crippen LogP contribution in [-0.2, 0) is 22.4 Å². The smallest absolute Gasteiger partial charge is 0.272 e. The summed E-state index contributed by atoms with van der Waals surface area (Å²) in [6.07, 6.45) is 4.51. The summed E-state index contributed by atoms with van der Waals surface area (Å²) in [6, 6.07) is 32.0. The largest absolute Gasteiger partial charge is 0.321 e. The number of thiophene rings is 1. The molecule has 0 aliphatic heterocycles. The Hall–Kier alpha value is -5.17. The fourth-order valence-corrected chi connectivity index (χ4v) is 8.23. The van der Waals surface area contributed by atoms with Crippen LogP contribution in [0.4, 0.5) is 10.7 Å². The highest BCUT2D eigenvalue weighted by Crippen LogP contribution is 2.44. The number of hydrogen-bond donors (Lipinski definition) is 3. The number of nitriles is 1. The highest BCUT2D eigenvalue weighted by molar-refractivity contribution is 8.00. The molecule has 0 bridgehead atoms. The molecule has 0 spiro atoms. The molecule has 1 aliphatic carbocycles. The lowest BCUT2D eigenvalue weighted by molar-refractivity contribution is -0.114. The zero-order valence-corrected chi connectivity index (χ0v) is 29.8. The average Bonchev–Trinajstić information content (AvgIpc) is 3.46. The van der Waals surface area contributed by atoms with E-state index in [4.69, 9.17) is 0 Å². The second kappa shape index (κ2) is 15.2. The van der Waals surface area contributed by atoms with Crippen LogP contribution in [0.25, 0.3) is 16.8 Å². The van der Waals surface area contributed by atoms with Gasteiger partial charge in [-0.1, -0.05) is 87.5 Å². The fraction of sp³-hybridized carbons (Fsp3) is 0.220. The number of rotatable bonds is 9.